The van der Waals surface area contributed by atoms with Gasteiger partial charge < -0.3 is 64.2 Å². The van der Waals surface area contributed by atoms with E-state index < -0.39 is 96.0 Å². The van der Waals surface area contributed by atoms with Crippen LogP contribution in [0.15, 0.2) is 0 Å². The van der Waals surface area contributed by atoms with E-state index in [-0.39, 0.29) is 37.3 Å². The van der Waals surface area contributed by atoms with Crippen LogP contribution in [0.3, 0.4) is 0 Å². The van der Waals surface area contributed by atoms with E-state index in [2.05, 4.69) is 5.32 Å². The number of nitrogens with zero attached hydrogens (tertiary/aromatic N) is 1. The van der Waals surface area contributed by atoms with Crippen LogP contribution < -0.4 is 5.32 Å². The highest BCUT2D eigenvalue weighted by molar-refractivity contribution is 5.73. The van der Waals surface area contributed by atoms with Crippen molar-refractivity contribution in [2.75, 3.05) is 27.7 Å². The van der Waals surface area contributed by atoms with Gasteiger partial charge in [0.1, 0.15) is 30.0 Å². The number of carbonyl (C=O) groups is 1. The first kappa shape index (κ1) is 44.4. The van der Waals surface area contributed by atoms with E-state index in [0.717, 1.165) is 0 Å². The van der Waals surface area contributed by atoms with Crippen LogP contribution in [0.2, 0.25) is 0 Å². The SMILES string of the molecule is CCC1OC(=O)[C@H](C)[C@@H](O[C@H]2C[C@@](C)(OC)[C@@H](O)[C@H](C)O2)[C@H](C)[C@@H](O[C@@H]2O[C@H](C)C[C@H](NC)[C@H]2O)[C@](C)(O)C[C@@H](C)CN(C)[C@H](C)[C@@H](O)[C@]1(C)O. The molecular weight excluding hydrogens is 664 g/mol. The molecule has 3 aliphatic heterocycles. The Morgan fingerprint density at radius 3 is 2.16 bits per heavy atom. The van der Waals surface area contributed by atoms with Crippen LogP contribution in [0.1, 0.15) is 94.9 Å². The first-order valence-corrected chi connectivity index (χ1v) is 18.8. The number of nitrogens with one attached hydrogen (secondary N) is 1. The predicted octanol–water partition coefficient (Wildman–Crippen LogP) is 1.56. The molecule has 0 saturated carbocycles. The smallest absolute Gasteiger partial charge is 0.311 e. The number of esters is 1. The van der Waals surface area contributed by atoms with Gasteiger partial charge in [0.15, 0.2) is 12.6 Å². The quantitative estimate of drug-likeness (QED) is 0.207. The number of rotatable bonds is 7. The Bertz CT molecular complexity index is 1110. The van der Waals surface area contributed by atoms with Gasteiger partial charge in [-0.15, -0.1) is 0 Å². The van der Waals surface area contributed by atoms with Gasteiger partial charge in [-0.05, 0) is 87.7 Å². The first-order valence-electron chi connectivity index (χ1n) is 18.8. The average Bonchev–Trinajstić information content (AvgIpc) is 3.05. The molecule has 3 aliphatic rings. The summed E-state index contributed by atoms with van der Waals surface area (Å²) in [6, 6.07) is -0.858. The van der Waals surface area contributed by atoms with Crippen molar-refractivity contribution in [1.82, 2.24) is 10.2 Å². The van der Waals surface area contributed by atoms with Gasteiger partial charge in [0.05, 0.1) is 41.5 Å². The summed E-state index contributed by atoms with van der Waals surface area (Å²) in [7, 11) is 5.10. The summed E-state index contributed by atoms with van der Waals surface area (Å²) in [5.41, 5.74) is -4.37. The zero-order chi connectivity index (χ0) is 38.8. The summed E-state index contributed by atoms with van der Waals surface area (Å²) >= 11 is 0. The van der Waals surface area contributed by atoms with Gasteiger partial charge in [-0.3, -0.25) is 4.79 Å². The largest absolute Gasteiger partial charge is 0.459 e. The minimum absolute atomic E-state index is 0.132. The average molecular weight is 735 g/mol. The highest BCUT2D eigenvalue weighted by atomic mass is 16.7. The van der Waals surface area contributed by atoms with Gasteiger partial charge >= 0.3 is 5.97 Å². The number of methoxy groups -OCH3 is 1. The minimum Gasteiger partial charge on any atom is -0.459 e. The molecule has 0 amide bonds. The third kappa shape index (κ3) is 10.0. The van der Waals surface area contributed by atoms with Crippen LogP contribution in [0.4, 0.5) is 0 Å². The zero-order valence-electron chi connectivity index (χ0n) is 33.2. The highest BCUT2D eigenvalue weighted by Crippen LogP contribution is 2.40. The molecule has 300 valence electrons. The monoisotopic (exact) mass is 734 g/mol. The molecule has 1 unspecified atom stereocenters. The van der Waals surface area contributed by atoms with Gasteiger partial charge in [0.2, 0.25) is 0 Å². The Labute approximate surface area is 305 Å². The Hall–Kier alpha value is -1.01. The molecule has 0 aromatic heterocycles. The van der Waals surface area contributed by atoms with Gasteiger partial charge in [-0.1, -0.05) is 20.8 Å². The molecule has 0 radical (unpaired) electrons. The summed E-state index contributed by atoms with van der Waals surface area (Å²) in [4.78, 5) is 16.1. The second-order valence-electron chi connectivity index (χ2n) is 16.5. The van der Waals surface area contributed by atoms with Crippen molar-refractivity contribution < 1.29 is 58.7 Å². The van der Waals surface area contributed by atoms with E-state index in [1.54, 1.807) is 48.6 Å². The molecule has 14 nitrogen and oxygen atoms in total. The molecule has 18 atom stereocenters. The number of carbonyl (C=O) groups excluding carboxylic acids is 1. The maximum absolute atomic E-state index is 14.2. The first-order chi connectivity index (χ1) is 23.5. The molecule has 0 aromatic rings. The Morgan fingerprint density at radius 1 is 0.961 bits per heavy atom. The summed E-state index contributed by atoms with van der Waals surface area (Å²) in [5, 5.41) is 61.0. The Morgan fingerprint density at radius 2 is 1.59 bits per heavy atom. The fraction of sp³-hybridized carbons (Fsp3) is 0.973. The number of aliphatic hydroxyl groups excluding tert-OH is 3. The molecule has 0 aliphatic carbocycles. The van der Waals surface area contributed by atoms with Crippen molar-refractivity contribution in [3.05, 3.63) is 0 Å². The molecule has 14 heteroatoms. The number of aliphatic hydroxyl groups is 5. The van der Waals surface area contributed by atoms with Crippen LogP contribution in [-0.4, -0.2) is 154 Å². The lowest BCUT2D eigenvalue weighted by atomic mass is 9.77. The second kappa shape index (κ2) is 17.6. The van der Waals surface area contributed by atoms with Crippen molar-refractivity contribution in [2.24, 2.45) is 17.8 Å². The Kier molecular flexibility index (Phi) is 15.3. The van der Waals surface area contributed by atoms with Gasteiger partial charge in [0, 0.05) is 38.1 Å². The number of hydrogen-bond donors (Lipinski definition) is 6. The zero-order valence-corrected chi connectivity index (χ0v) is 33.2. The number of ether oxygens (including phenoxy) is 6. The van der Waals surface area contributed by atoms with Crippen LogP contribution in [0.5, 0.6) is 0 Å². The third-order valence-electron chi connectivity index (χ3n) is 11.9. The molecule has 0 spiro atoms. The number of hydrogen-bond acceptors (Lipinski definition) is 14. The fourth-order valence-corrected chi connectivity index (χ4v) is 8.53. The van der Waals surface area contributed by atoms with Crippen molar-refractivity contribution in [3.8, 4) is 0 Å². The van der Waals surface area contributed by atoms with E-state index >= 15 is 0 Å². The molecule has 3 fully saturated rings. The normalized spacial score (nSPS) is 50.2. The lowest BCUT2D eigenvalue weighted by molar-refractivity contribution is -0.316. The van der Waals surface area contributed by atoms with E-state index in [1.807, 2.05) is 32.7 Å². The molecule has 51 heavy (non-hydrogen) atoms. The molecule has 3 rings (SSSR count). The summed E-state index contributed by atoms with van der Waals surface area (Å²) in [6.07, 6.45) is -8.24. The van der Waals surface area contributed by atoms with Crippen LogP contribution in [0, 0.1) is 17.8 Å². The van der Waals surface area contributed by atoms with Crippen molar-refractivity contribution in [2.45, 2.75) is 185 Å². The van der Waals surface area contributed by atoms with Gasteiger partial charge in [-0.2, -0.15) is 0 Å². The predicted molar refractivity (Wildman–Crippen MR) is 190 cm³/mol. The maximum atomic E-state index is 14.2. The van der Waals surface area contributed by atoms with E-state index in [1.165, 1.54) is 14.0 Å². The van der Waals surface area contributed by atoms with Crippen molar-refractivity contribution in [3.63, 3.8) is 0 Å². The lowest BCUT2D eigenvalue weighted by Crippen LogP contribution is -2.60. The summed E-state index contributed by atoms with van der Waals surface area (Å²) in [6.45, 7) is 18.0. The number of likely N-dealkylation sites (N-methyl/N-ethyl adjacent to an activating group) is 2. The lowest BCUT2D eigenvalue weighted by Gasteiger charge is -2.48. The van der Waals surface area contributed by atoms with Crippen molar-refractivity contribution >= 4 is 5.97 Å². The standard InChI is InChI=1S/C37H70N2O12/c1-14-26-37(10,45)30(41)23(6)39(12)18-19(2)16-35(8,44)32(51-34-28(40)25(38-11)15-20(3)47-34)21(4)29(22(5)33(43)49-26)50-27-17-36(9,46-13)31(42)24(7)48-27/h19-32,34,38,40-42,44-45H,14-18H2,1-13H3/t19-,20-,21+,22-,23-,24+,25+,26?,27+,28-,29+,30-,31+,32-,34+,35-,36-,37-/m1/s1. The molecular formula is C37H70N2O12. The van der Waals surface area contributed by atoms with E-state index in [9.17, 15) is 30.3 Å². The minimum atomic E-state index is -1.80. The summed E-state index contributed by atoms with van der Waals surface area (Å²) in [5.74, 6) is -2.59. The second-order valence-corrected chi connectivity index (χ2v) is 16.5. The van der Waals surface area contributed by atoms with E-state index in [4.69, 9.17) is 28.4 Å². The molecule has 3 saturated heterocycles. The third-order valence-corrected chi connectivity index (χ3v) is 11.9. The molecule has 0 aromatic carbocycles. The molecule has 0 bridgehead atoms. The molecule has 6 N–H and O–H groups in total. The highest BCUT2D eigenvalue weighted by Gasteiger charge is 2.52. The summed E-state index contributed by atoms with van der Waals surface area (Å²) < 4.78 is 37.3. The van der Waals surface area contributed by atoms with Crippen LogP contribution in [-0.2, 0) is 33.2 Å². The topological polar surface area (TPSA) is 189 Å². The van der Waals surface area contributed by atoms with Gasteiger partial charge in [0.25, 0.3) is 0 Å². The maximum Gasteiger partial charge on any atom is 0.311 e. The fourth-order valence-electron chi connectivity index (χ4n) is 8.53. The van der Waals surface area contributed by atoms with Crippen LogP contribution >= 0.6 is 0 Å². The van der Waals surface area contributed by atoms with Crippen molar-refractivity contribution in [1.29, 1.82) is 0 Å². The number of cyclic esters (lactones) is 1. The molecule has 3 heterocycles. The van der Waals surface area contributed by atoms with Crippen LogP contribution in [0.25, 0.3) is 0 Å². The van der Waals surface area contributed by atoms with E-state index in [0.29, 0.717) is 13.0 Å². The Balaban J connectivity index is 2.16. The van der Waals surface area contributed by atoms with Gasteiger partial charge in [-0.25, -0.2) is 0 Å².